The fraction of sp³-hybridized carbons (Fsp3) is 0.571. The third-order valence-electron chi connectivity index (χ3n) is 1.81. The molecule has 0 unspecified atom stereocenters. The molecule has 6 nitrogen and oxygen atoms in total. The van der Waals surface area contributed by atoms with E-state index in [0.29, 0.717) is 18.3 Å². The van der Waals surface area contributed by atoms with Crippen molar-refractivity contribution >= 4 is 22.4 Å². The Labute approximate surface area is 84.7 Å². The number of hydrogen-bond acceptors (Lipinski definition) is 6. The van der Waals surface area contributed by atoms with Crippen molar-refractivity contribution in [1.82, 2.24) is 15.5 Å². The summed E-state index contributed by atoms with van der Waals surface area (Å²) in [5, 5.41) is 13.5. The zero-order chi connectivity index (χ0) is 9.80. The molecule has 1 aliphatic heterocycles. The van der Waals surface area contributed by atoms with Crippen LogP contribution in [0.5, 0.6) is 0 Å². The molecule has 0 radical (unpaired) electrons. The molecule has 0 bridgehead atoms. The van der Waals surface area contributed by atoms with Crippen LogP contribution in [0.2, 0.25) is 0 Å². The van der Waals surface area contributed by atoms with Gasteiger partial charge in [-0.25, -0.2) is 0 Å². The lowest BCUT2D eigenvalue weighted by Gasteiger charge is -2.21. The molecule has 2 N–H and O–H groups in total. The lowest BCUT2D eigenvalue weighted by Crippen LogP contribution is -2.45. The molecule has 76 valence electrons. The monoisotopic (exact) mass is 214 g/mol. The SMILES string of the molecule is O=C(Nc1nncs1)[C@H]1CNCCO1. The lowest BCUT2D eigenvalue weighted by molar-refractivity contribution is -0.128. The molecule has 1 aliphatic rings. The first kappa shape index (κ1) is 9.50. The van der Waals surface area contributed by atoms with Crippen molar-refractivity contribution in [3.63, 3.8) is 0 Å². The normalized spacial score (nSPS) is 21.9. The summed E-state index contributed by atoms with van der Waals surface area (Å²) in [5.74, 6) is -0.172. The van der Waals surface area contributed by atoms with Crippen LogP contribution in [0, 0.1) is 0 Å². The Morgan fingerprint density at radius 3 is 3.36 bits per heavy atom. The van der Waals surface area contributed by atoms with E-state index in [4.69, 9.17) is 4.74 Å². The smallest absolute Gasteiger partial charge is 0.256 e. The molecule has 2 rings (SSSR count). The topological polar surface area (TPSA) is 76.1 Å². The van der Waals surface area contributed by atoms with E-state index in [1.165, 1.54) is 11.3 Å². The van der Waals surface area contributed by atoms with Crippen LogP contribution in [-0.2, 0) is 9.53 Å². The molecule has 7 heteroatoms. The Morgan fingerprint density at radius 2 is 2.71 bits per heavy atom. The van der Waals surface area contributed by atoms with Crippen LogP contribution in [0.15, 0.2) is 5.51 Å². The highest BCUT2D eigenvalue weighted by Crippen LogP contribution is 2.09. The second-order valence-corrected chi connectivity index (χ2v) is 3.63. The molecule has 1 fully saturated rings. The highest BCUT2D eigenvalue weighted by molar-refractivity contribution is 7.13. The molecule has 0 aromatic carbocycles. The number of carbonyl (C=O) groups is 1. The maximum Gasteiger partial charge on any atom is 0.256 e. The Kier molecular flexibility index (Phi) is 3.02. The summed E-state index contributed by atoms with van der Waals surface area (Å²) >= 11 is 1.29. The van der Waals surface area contributed by atoms with E-state index in [1.54, 1.807) is 5.51 Å². The quantitative estimate of drug-likeness (QED) is 0.692. The molecule has 1 atom stereocenters. The first-order valence-corrected chi connectivity index (χ1v) is 5.13. The minimum atomic E-state index is -0.423. The number of nitrogens with zero attached hydrogens (tertiary/aromatic N) is 2. The third-order valence-corrected chi connectivity index (χ3v) is 2.42. The zero-order valence-electron chi connectivity index (χ0n) is 7.40. The number of aromatic nitrogens is 2. The largest absolute Gasteiger partial charge is 0.366 e. The minimum Gasteiger partial charge on any atom is -0.366 e. The van der Waals surface area contributed by atoms with Crippen LogP contribution in [-0.4, -0.2) is 41.9 Å². The standard InChI is InChI=1S/C7H10N4O2S/c12-6(5-3-8-1-2-13-5)10-7-11-9-4-14-7/h4-5,8H,1-3H2,(H,10,11,12)/t5-/m1/s1. The predicted molar refractivity (Wildman–Crippen MR) is 51.1 cm³/mol. The number of amides is 1. The van der Waals surface area contributed by atoms with Gasteiger partial charge in [-0.2, -0.15) is 0 Å². The Hall–Kier alpha value is -1.05. The summed E-state index contributed by atoms with van der Waals surface area (Å²) in [6.45, 7) is 1.90. The van der Waals surface area contributed by atoms with E-state index in [-0.39, 0.29) is 5.91 Å². The van der Waals surface area contributed by atoms with Gasteiger partial charge >= 0.3 is 0 Å². The van der Waals surface area contributed by atoms with Gasteiger partial charge in [-0.3, -0.25) is 10.1 Å². The van der Waals surface area contributed by atoms with Crippen molar-refractivity contribution in [2.75, 3.05) is 25.0 Å². The van der Waals surface area contributed by atoms with E-state index in [0.717, 1.165) is 6.54 Å². The number of rotatable bonds is 2. The van der Waals surface area contributed by atoms with Crippen molar-refractivity contribution in [1.29, 1.82) is 0 Å². The predicted octanol–water partition coefficient (Wildman–Crippen LogP) is -0.535. The van der Waals surface area contributed by atoms with Crippen LogP contribution >= 0.6 is 11.3 Å². The Bertz CT molecular complexity index is 297. The average Bonchev–Trinajstić information content (AvgIpc) is 2.72. The van der Waals surface area contributed by atoms with Gasteiger partial charge in [0.15, 0.2) is 0 Å². The molecule has 14 heavy (non-hydrogen) atoms. The van der Waals surface area contributed by atoms with Crippen LogP contribution in [0.25, 0.3) is 0 Å². The maximum absolute atomic E-state index is 11.5. The maximum atomic E-state index is 11.5. The van der Waals surface area contributed by atoms with E-state index in [2.05, 4.69) is 20.8 Å². The molecule has 2 heterocycles. The molecular formula is C7H10N4O2S. The molecule has 1 aromatic heterocycles. The van der Waals surface area contributed by atoms with Gasteiger partial charge < -0.3 is 10.1 Å². The third kappa shape index (κ3) is 2.25. The summed E-state index contributed by atoms with van der Waals surface area (Å²) in [6.07, 6.45) is -0.423. The number of nitrogens with one attached hydrogen (secondary N) is 2. The summed E-state index contributed by atoms with van der Waals surface area (Å²) in [4.78, 5) is 11.5. The molecule has 1 amide bonds. The number of morpholine rings is 1. The number of carbonyl (C=O) groups excluding carboxylic acids is 1. The van der Waals surface area contributed by atoms with Crippen LogP contribution < -0.4 is 10.6 Å². The second-order valence-electron chi connectivity index (χ2n) is 2.80. The van der Waals surface area contributed by atoms with Gasteiger partial charge in [0, 0.05) is 13.1 Å². The minimum absolute atomic E-state index is 0.172. The van der Waals surface area contributed by atoms with Crippen molar-refractivity contribution in [2.45, 2.75) is 6.10 Å². The number of ether oxygens (including phenoxy) is 1. The Balaban J connectivity index is 1.88. The summed E-state index contributed by atoms with van der Waals surface area (Å²) < 4.78 is 5.27. The fourth-order valence-corrected chi connectivity index (χ4v) is 1.60. The van der Waals surface area contributed by atoms with Gasteiger partial charge in [0.25, 0.3) is 5.91 Å². The second kappa shape index (κ2) is 4.45. The summed E-state index contributed by atoms with van der Waals surface area (Å²) in [5.41, 5.74) is 1.57. The summed E-state index contributed by atoms with van der Waals surface area (Å²) in [7, 11) is 0. The van der Waals surface area contributed by atoms with Crippen LogP contribution in [0.3, 0.4) is 0 Å². The Morgan fingerprint density at radius 1 is 1.79 bits per heavy atom. The molecule has 1 aromatic rings. The number of anilines is 1. The average molecular weight is 214 g/mol. The van der Waals surface area contributed by atoms with E-state index in [9.17, 15) is 4.79 Å². The highest BCUT2D eigenvalue weighted by atomic mass is 32.1. The lowest BCUT2D eigenvalue weighted by atomic mass is 10.3. The first-order chi connectivity index (χ1) is 6.86. The molecule has 0 spiro atoms. The van der Waals surface area contributed by atoms with Crippen molar-refractivity contribution in [3.05, 3.63) is 5.51 Å². The van der Waals surface area contributed by atoms with Gasteiger partial charge in [0.2, 0.25) is 5.13 Å². The summed E-state index contributed by atoms with van der Waals surface area (Å²) in [6, 6.07) is 0. The first-order valence-electron chi connectivity index (χ1n) is 4.25. The van der Waals surface area contributed by atoms with Gasteiger partial charge in [0.05, 0.1) is 6.61 Å². The zero-order valence-corrected chi connectivity index (χ0v) is 8.21. The van der Waals surface area contributed by atoms with Crippen molar-refractivity contribution in [3.8, 4) is 0 Å². The highest BCUT2D eigenvalue weighted by Gasteiger charge is 2.22. The molecule has 0 aliphatic carbocycles. The van der Waals surface area contributed by atoms with Gasteiger partial charge in [-0.05, 0) is 0 Å². The van der Waals surface area contributed by atoms with Crippen molar-refractivity contribution in [2.24, 2.45) is 0 Å². The van der Waals surface area contributed by atoms with Crippen molar-refractivity contribution < 1.29 is 9.53 Å². The van der Waals surface area contributed by atoms with Gasteiger partial charge in [-0.15, -0.1) is 10.2 Å². The van der Waals surface area contributed by atoms with Gasteiger partial charge in [-0.1, -0.05) is 11.3 Å². The van der Waals surface area contributed by atoms with Crippen LogP contribution in [0.4, 0.5) is 5.13 Å². The van der Waals surface area contributed by atoms with E-state index in [1.807, 2.05) is 0 Å². The molecule has 1 saturated heterocycles. The van der Waals surface area contributed by atoms with Gasteiger partial charge in [0.1, 0.15) is 11.6 Å². The molecule has 0 saturated carbocycles. The van der Waals surface area contributed by atoms with Crippen LogP contribution in [0.1, 0.15) is 0 Å². The number of hydrogen-bond donors (Lipinski definition) is 2. The molecular weight excluding hydrogens is 204 g/mol. The fourth-order valence-electron chi connectivity index (χ4n) is 1.15. The van der Waals surface area contributed by atoms with E-state index < -0.39 is 6.10 Å². The van der Waals surface area contributed by atoms with E-state index >= 15 is 0 Å².